The number of carbonyl (C=O) groups is 1. The number of hydrogen-bond acceptors (Lipinski definition) is 5. The van der Waals surface area contributed by atoms with Crippen molar-refractivity contribution in [2.75, 3.05) is 6.61 Å². The van der Waals surface area contributed by atoms with Crippen LogP contribution in [0.2, 0.25) is 0 Å². The number of carbonyl (C=O) groups excluding carboxylic acids is 1. The van der Waals surface area contributed by atoms with Crippen molar-refractivity contribution < 1.29 is 18.7 Å². The fraction of sp³-hybridized carbons (Fsp3) is 0.407. The Morgan fingerprint density at radius 1 is 0.781 bits per heavy atom. The first kappa shape index (κ1) is 23.6. The lowest BCUT2D eigenvalue weighted by atomic mass is 10.1. The Hall–Kier alpha value is -3.08. The molecular weight excluding hydrogens is 404 g/mol. The second-order valence-corrected chi connectivity index (χ2v) is 8.04. The molecule has 0 spiro atoms. The molecule has 1 aromatic heterocycles. The van der Waals surface area contributed by atoms with Gasteiger partial charge in [0, 0.05) is 11.5 Å². The van der Waals surface area contributed by atoms with E-state index < -0.39 is 11.6 Å². The van der Waals surface area contributed by atoms with Gasteiger partial charge in [0.2, 0.25) is 0 Å². The van der Waals surface area contributed by atoms with Gasteiger partial charge in [0.25, 0.3) is 0 Å². The quantitative estimate of drug-likeness (QED) is 0.126. The van der Waals surface area contributed by atoms with Crippen LogP contribution < -0.4 is 15.1 Å². The highest BCUT2D eigenvalue weighted by Gasteiger charge is 2.10. The molecule has 1 heterocycles. The number of ether oxygens (including phenoxy) is 2. The molecule has 0 bridgehead atoms. The third-order valence-electron chi connectivity index (χ3n) is 5.41. The third-order valence-corrected chi connectivity index (χ3v) is 5.41. The number of fused-ring (bicyclic) bond motifs is 1. The molecule has 0 fully saturated rings. The summed E-state index contributed by atoms with van der Waals surface area (Å²) in [6.07, 6.45) is 11.5. The summed E-state index contributed by atoms with van der Waals surface area (Å²) >= 11 is 0. The zero-order valence-electron chi connectivity index (χ0n) is 18.8. The second kappa shape index (κ2) is 12.7. The van der Waals surface area contributed by atoms with Crippen molar-refractivity contribution in [2.45, 2.75) is 64.7 Å². The minimum absolute atomic E-state index is 0.391. The molecule has 3 rings (SSSR count). The van der Waals surface area contributed by atoms with Crippen LogP contribution in [0.25, 0.3) is 11.0 Å². The predicted octanol–water partition coefficient (Wildman–Crippen LogP) is 6.92. The van der Waals surface area contributed by atoms with Crippen LogP contribution in [-0.2, 0) is 0 Å². The molecule has 0 saturated carbocycles. The highest BCUT2D eigenvalue weighted by Crippen LogP contribution is 2.21. The van der Waals surface area contributed by atoms with Crippen LogP contribution in [0.5, 0.6) is 11.5 Å². The summed E-state index contributed by atoms with van der Waals surface area (Å²) < 4.78 is 16.3. The highest BCUT2D eigenvalue weighted by atomic mass is 16.5. The van der Waals surface area contributed by atoms with E-state index in [0.717, 1.165) is 12.2 Å². The molecule has 0 aliphatic rings. The van der Waals surface area contributed by atoms with Gasteiger partial charge in [-0.1, -0.05) is 58.3 Å². The maximum absolute atomic E-state index is 12.4. The highest BCUT2D eigenvalue weighted by molar-refractivity contribution is 5.91. The van der Waals surface area contributed by atoms with E-state index in [1.807, 2.05) is 0 Å². The van der Waals surface area contributed by atoms with Gasteiger partial charge in [0.15, 0.2) is 0 Å². The normalized spacial score (nSPS) is 10.9. The summed E-state index contributed by atoms with van der Waals surface area (Å²) in [6.45, 7) is 2.93. The standard InChI is InChI=1S/C27H32O5/c1-2-3-4-5-6-7-8-9-10-19-30-23-14-11-21(12-15-23)27(29)31-24-16-17-25-22(20-24)13-18-26(28)32-25/h11-18,20H,2-10,19H2,1H3. The molecule has 0 aliphatic heterocycles. The molecule has 0 radical (unpaired) electrons. The van der Waals surface area contributed by atoms with Gasteiger partial charge < -0.3 is 13.9 Å². The van der Waals surface area contributed by atoms with Gasteiger partial charge in [-0.2, -0.15) is 0 Å². The number of esters is 1. The summed E-state index contributed by atoms with van der Waals surface area (Å²) in [6, 6.07) is 14.8. The van der Waals surface area contributed by atoms with E-state index in [1.165, 1.54) is 57.4 Å². The molecule has 0 aliphatic carbocycles. The maximum Gasteiger partial charge on any atom is 0.343 e. The van der Waals surface area contributed by atoms with E-state index in [2.05, 4.69) is 6.92 Å². The van der Waals surface area contributed by atoms with Crippen LogP contribution in [0.4, 0.5) is 0 Å². The molecule has 0 N–H and O–H groups in total. The van der Waals surface area contributed by atoms with E-state index in [-0.39, 0.29) is 0 Å². The largest absolute Gasteiger partial charge is 0.494 e. The van der Waals surface area contributed by atoms with Crippen LogP contribution in [0.15, 0.2) is 63.8 Å². The van der Waals surface area contributed by atoms with E-state index in [9.17, 15) is 9.59 Å². The maximum atomic E-state index is 12.4. The van der Waals surface area contributed by atoms with Gasteiger partial charge in [-0.3, -0.25) is 0 Å². The first-order valence-electron chi connectivity index (χ1n) is 11.6. The molecule has 32 heavy (non-hydrogen) atoms. The molecule has 170 valence electrons. The van der Waals surface area contributed by atoms with Crippen LogP contribution in [0, 0.1) is 0 Å². The second-order valence-electron chi connectivity index (χ2n) is 8.04. The van der Waals surface area contributed by atoms with Gasteiger partial charge >= 0.3 is 11.6 Å². The van der Waals surface area contributed by atoms with Crippen molar-refractivity contribution in [3.8, 4) is 11.5 Å². The van der Waals surface area contributed by atoms with Crippen molar-refractivity contribution >= 4 is 16.9 Å². The lowest BCUT2D eigenvalue weighted by Crippen LogP contribution is -2.08. The lowest BCUT2D eigenvalue weighted by molar-refractivity contribution is 0.0735. The van der Waals surface area contributed by atoms with E-state index in [0.29, 0.717) is 28.9 Å². The number of unbranched alkanes of at least 4 members (excludes halogenated alkanes) is 8. The average Bonchev–Trinajstić information content (AvgIpc) is 2.81. The topological polar surface area (TPSA) is 65.7 Å². The summed E-state index contributed by atoms with van der Waals surface area (Å²) in [4.78, 5) is 23.7. The molecule has 0 unspecified atom stereocenters. The molecule has 5 heteroatoms. The van der Waals surface area contributed by atoms with Gasteiger partial charge in [-0.25, -0.2) is 9.59 Å². The Morgan fingerprint density at radius 2 is 1.44 bits per heavy atom. The van der Waals surface area contributed by atoms with Crippen molar-refractivity contribution in [1.29, 1.82) is 0 Å². The Labute approximate surface area is 189 Å². The number of rotatable bonds is 13. The molecule has 0 saturated heterocycles. The van der Waals surface area contributed by atoms with Crippen molar-refractivity contribution in [1.82, 2.24) is 0 Å². The smallest absolute Gasteiger partial charge is 0.343 e. The van der Waals surface area contributed by atoms with Gasteiger partial charge in [0.05, 0.1) is 12.2 Å². The van der Waals surface area contributed by atoms with E-state index in [4.69, 9.17) is 13.9 Å². The Morgan fingerprint density at radius 3 is 2.16 bits per heavy atom. The monoisotopic (exact) mass is 436 g/mol. The minimum Gasteiger partial charge on any atom is -0.494 e. The number of hydrogen-bond donors (Lipinski definition) is 0. The molecule has 3 aromatic rings. The number of benzene rings is 2. The predicted molar refractivity (Wildman–Crippen MR) is 127 cm³/mol. The summed E-state index contributed by atoms with van der Waals surface area (Å²) in [5.74, 6) is 0.691. The van der Waals surface area contributed by atoms with Gasteiger partial charge in [-0.15, -0.1) is 0 Å². The zero-order chi connectivity index (χ0) is 22.6. The van der Waals surface area contributed by atoms with Crippen LogP contribution in [-0.4, -0.2) is 12.6 Å². The SMILES string of the molecule is CCCCCCCCCCCOc1ccc(C(=O)Oc2ccc3oc(=O)ccc3c2)cc1. The van der Waals surface area contributed by atoms with Crippen molar-refractivity contribution in [3.63, 3.8) is 0 Å². The molecule has 0 amide bonds. The third kappa shape index (κ3) is 7.56. The molecule has 5 nitrogen and oxygen atoms in total. The first-order valence-corrected chi connectivity index (χ1v) is 11.6. The summed E-state index contributed by atoms with van der Waals surface area (Å²) in [7, 11) is 0. The molecular formula is C27H32O5. The molecule has 0 atom stereocenters. The fourth-order valence-corrected chi connectivity index (χ4v) is 3.57. The van der Waals surface area contributed by atoms with Gasteiger partial charge in [-0.05, 0) is 55.0 Å². The lowest BCUT2D eigenvalue weighted by Gasteiger charge is -2.08. The summed E-state index contributed by atoms with van der Waals surface area (Å²) in [5, 5.41) is 0.690. The van der Waals surface area contributed by atoms with E-state index >= 15 is 0 Å². The molecule has 2 aromatic carbocycles. The van der Waals surface area contributed by atoms with E-state index in [1.54, 1.807) is 48.5 Å². The van der Waals surface area contributed by atoms with Crippen molar-refractivity contribution in [3.05, 3.63) is 70.6 Å². The van der Waals surface area contributed by atoms with Crippen molar-refractivity contribution in [2.24, 2.45) is 0 Å². The first-order chi connectivity index (χ1) is 15.7. The zero-order valence-corrected chi connectivity index (χ0v) is 18.8. The van der Waals surface area contributed by atoms with Crippen LogP contribution in [0.1, 0.15) is 75.1 Å². The van der Waals surface area contributed by atoms with Crippen LogP contribution >= 0.6 is 0 Å². The van der Waals surface area contributed by atoms with Gasteiger partial charge in [0.1, 0.15) is 17.1 Å². The Kier molecular flexibility index (Phi) is 9.36. The minimum atomic E-state index is -0.452. The fourth-order valence-electron chi connectivity index (χ4n) is 3.57. The Balaban J connectivity index is 1.38. The van der Waals surface area contributed by atoms with Crippen LogP contribution in [0.3, 0.4) is 0 Å². The average molecular weight is 437 g/mol. The Bertz CT molecular complexity index is 1040. The summed E-state index contributed by atoms with van der Waals surface area (Å²) in [5.41, 5.74) is 0.480.